The summed E-state index contributed by atoms with van der Waals surface area (Å²) in [5.41, 5.74) is 0.750. The van der Waals surface area contributed by atoms with E-state index in [4.69, 9.17) is 0 Å². The summed E-state index contributed by atoms with van der Waals surface area (Å²) < 4.78 is 1.66. The molecular weight excluding hydrogens is 218 g/mol. The normalized spacial score (nSPS) is 12.4. The van der Waals surface area contributed by atoms with Gasteiger partial charge in [0.2, 0.25) is 11.9 Å². The number of nitrogens with zero attached hydrogens (tertiary/aromatic N) is 4. The van der Waals surface area contributed by atoms with E-state index in [0.29, 0.717) is 5.95 Å². The summed E-state index contributed by atoms with van der Waals surface area (Å²) in [6, 6.07) is 5.28. The van der Waals surface area contributed by atoms with Gasteiger partial charge in [-0.2, -0.15) is 4.98 Å². The second-order valence-electron chi connectivity index (χ2n) is 4.04. The van der Waals surface area contributed by atoms with Gasteiger partial charge in [-0.05, 0) is 19.1 Å². The van der Waals surface area contributed by atoms with E-state index in [1.165, 1.54) is 4.90 Å². The van der Waals surface area contributed by atoms with E-state index >= 15 is 0 Å². The zero-order valence-corrected chi connectivity index (χ0v) is 10.1. The maximum absolute atomic E-state index is 11.7. The van der Waals surface area contributed by atoms with Crippen LogP contribution >= 0.6 is 0 Å². The molecule has 90 valence electrons. The quantitative estimate of drug-likeness (QED) is 0.844. The highest BCUT2D eigenvalue weighted by atomic mass is 16.2. The number of likely N-dealkylation sites (N-methyl/N-ethyl adjacent to an activating group) is 1. The highest BCUT2D eigenvalue weighted by molar-refractivity contribution is 5.83. The van der Waals surface area contributed by atoms with E-state index in [1.807, 2.05) is 24.4 Å². The third-order valence-corrected chi connectivity index (χ3v) is 2.40. The topological polar surface area (TPSA) is 62.5 Å². The first-order valence-electron chi connectivity index (χ1n) is 5.37. The smallest absolute Gasteiger partial charge is 0.244 e. The number of fused-ring (bicyclic) bond motifs is 1. The molecule has 6 nitrogen and oxygen atoms in total. The van der Waals surface area contributed by atoms with Crippen LogP contribution in [-0.4, -0.2) is 45.5 Å². The lowest BCUT2D eigenvalue weighted by atomic mass is 10.3. The molecule has 0 radical (unpaired) electrons. The minimum Gasteiger partial charge on any atom is -0.347 e. The van der Waals surface area contributed by atoms with Crippen molar-refractivity contribution < 1.29 is 4.79 Å². The van der Waals surface area contributed by atoms with Gasteiger partial charge >= 0.3 is 0 Å². The molecule has 2 heterocycles. The van der Waals surface area contributed by atoms with Crippen molar-refractivity contribution in [2.45, 2.75) is 13.0 Å². The fourth-order valence-electron chi connectivity index (χ4n) is 1.54. The second-order valence-corrected chi connectivity index (χ2v) is 4.04. The standard InChI is InChI=1S/C11H15N5O/c1-8(10(17)15(2)3)12-11-13-9-6-4-5-7-16(9)14-11/h4-8H,1-3H3,(H,12,14). The third-order valence-electron chi connectivity index (χ3n) is 2.40. The minimum absolute atomic E-state index is 0.0103. The molecule has 2 rings (SSSR count). The number of amides is 1. The van der Waals surface area contributed by atoms with Crippen LogP contribution in [0.4, 0.5) is 5.95 Å². The maximum Gasteiger partial charge on any atom is 0.244 e. The van der Waals surface area contributed by atoms with Gasteiger partial charge in [0, 0.05) is 20.3 Å². The van der Waals surface area contributed by atoms with E-state index in [0.717, 1.165) is 5.65 Å². The molecule has 6 heteroatoms. The van der Waals surface area contributed by atoms with Gasteiger partial charge in [-0.15, -0.1) is 5.10 Å². The zero-order valence-electron chi connectivity index (χ0n) is 10.1. The Morgan fingerprint density at radius 2 is 2.24 bits per heavy atom. The van der Waals surface area contributed by atoms with Crippen molar-refractivity contribution >= 4 is 17.5 Å². The molecule has 1 N–H and O–H groups in total. The average Bonchev–Trinajstić information content (AvgIpc) is 2.69. The molecular formula is C11H15N5O. The molecule has 0 bridgehead atoms. The maximum atomic E-state index is 11.7. The number of anilines is 1. The number of hydrogen-bond donors (Lipinski definition) is 1. The largest absolute Gasteiger partial charge is 0.347 e. The molecule has 0 aliphatic heterocycles. The van der Waals surface area contributed by atoms with Crippen LogP contribution in [0.15, 0.2) is 24.4 Å². The molecule has 0 saturated carbocycles. The number of carbonyl (C=O) groups excluding carboxylic acids is 1. The number of hydrogen-bond acceptors (Lipinski definition) is 4. The highest BCUT2D eigenvalue weighted by Gasteiger charge is 2.16. The molecule has 17 heavy (non-hydrogen) atoms. The monoisotopic (exact) mass is 233 g/mol. The Morgan fingerprint density at radius 3 is 2.88 bits per heavy atom. The van der Waals surface area contributed by atoms with Crippen LogP contribution in [0, 0.1) is 0 Å². The van der Waals surface area contributed by atoms with Crippen LogP contribution in [0.5, 0.6) is 0 Å². The van der Waals surface area contributed by atoms with Crippen molar-refractivity contribution in [1.82, 2.24) is 19.5 Å². The molecule has 0 aromatic carbocycles. The molecule has 0 saturated heterocycles. The van der Waals surface area contributed by atoms with Crippen LogP contribution in [0.1, 0.15) is 6.92 Å². The first kappa shape index (κ1) is 11.4. The van der Waals surface area contributed by atoms with Gasteiger partial charge in [-0.3, -0.25) is 4.79 Å². The van der Waals surface area contributed by atoms with Crippen molar-refractivity contribution in [3.8, 4) is 0 Å². The van der Waals surface area contributed by atoms with E-state index < -0.39 is 0 Å². The summed E-state index contributed by atoms with van der Waals surface area (Å²) in [5.74, 6) is 0.447. The van der Waals surface area contributed by atoms with E-state index in [2.05, 4.69) is 15.4 Å². The molecule has 0 aliphatic rings. The summed E-state index contributed by atoms with van der Waals surface area (Å²) in [5, 5.41) is 7.20. The first-order chi connectivity index (χ1) is 8.08. The van der Waals surface area contributed by atoms with Crippen molar-refractivity contribution in [2.24, 2.45) is 0 Å². The minimum atomic E-state index is -0.345. The lowest BCUT2D eigenvalue weighted by molar-refractivity contribution is -0.129. The van der Waals surface area contributed by atoms with Crippen molar-refractivity contribution in [3.05, 3.63) is 24.4 Å². The Labute approximate surface area is 99.3 Å². The SMILES string of the molecule is CC(Nc1nc2ccccn2n1)C(=O)N(C)C. The molecule has 0 aliphatic carbocycles. The van der Waals surface area contributed by atoms with Crippen LogP contribution < -0.4 is 5.32 Å². The van der Waals surface area contributed by atoms with Gasteiger partial charge in [0.1, 0.15) is 6.04 Å². The summed E-state index contributed by atoms with van der Waals surface area (Å²) >= 11 is 0. The Bertz CT molecular complexity index is 500. The lowest BCUT2D eigenvalue weighted by Gasteiger charge is -2.16. The Balaban J connectivity index is 2.16. The second kappa shape index (κ2) is 4.40. The molecule has 1 unspecified atom stereocenters. The highest BCUT2D eigenvalue weighted by Crippen LogP contribution is 2.06. The number of nitrogens with one attached hydrogen (secondary N) is 1. The molecule has 2 aromatic rings. The van der Waals surface area contributed by atoms with E-state index in [9.17, 15) is 4.79 Å². The number of aromatic nitrogens is 3. The van der Waals surface area contributed by atoms with Gasteiger partial charge in [-0.1, -0.05) is 6.07 Å². The Morgan fingerprint density at radius 1 is 1.47 bits per heavy atom. The molecule has 0 spiro atoms. The van der Waals surface area contributed by atoms with Crippen LogP contribution in [0.2, 0.25) is 0 Å². The first-order valence-corrected chi connectivity index (χ1v) is 5.37. The van der Waals surface area contributed by atoms with Crippen LogP contribution in [0.25, 0.3) is 5.65 Å². The third kappa shape index (κ3) is 2.35. The molecule has 0 fully saturated rings. The van der Waals surface area contributed by atoms with Gasteiger partial charge in [0.25, 0.3) is 0 Å². The van der Waals surface area contributed by atoms with Crippen LogP contribution in [-0.2, 0) is 4.79 Å². The van der Waals surface area contributed by atoms with Gasteiger partial charge < -0.3 is 10.2 Å². The number of carbonyl (C=O) groups is 1. The van der Waals surface area contributed by atoms with Crippen molar-refractivity contribution in [3.63, 3.8) is 0 Å². The van der Waals surface area contributed by atoms with Gasteiger partial charge in [0.15, 0.2) is 5.65 Å². The van der Waals surface area contributed by atoms with Crippen molar-refractivity contribution in [1.29, 1.82) is 0 Å². The fourth-order valence-corrected chi connectivity index (χ4v) is 1.54. The average molecular weight is 233 g/mol. The predicted octanol–water partition coefficient (Wildman–Crippen LogP) is 0.618. The predicted molar refractivity (Wildman–Crippen MR) is 64.8 cm³/mol. The summed E-state index contributed by atoms with van der Waals surface area (Å²) in [4.78, 5) is 17.5. The Hall–Kier alpha value is -2.11. The number of pyridine rings is 1. The lowest BCUT2D eigenvalue weighted by Crippen LogP contribution is -2.36. The molecule has 2 aromatic heterocycles. The Kier molecular flexibility index (Phi) is 2.95. The van der Waals surface area contributed by atoms with Crippen molar-refractivity contribution in [2.75, 3.05) is 19.4 Å². The summed E-state index contributed by atoms with van der Waals surface area (Å²) in [7, 11) is 3.44. The molecule has 1 atom stereocenters. The van der Waals surface area contributed by atoms with E-state index in [1.54, 1.807) is 25.5 Å². The fraction of sp³-hybridized carbons (Fsp3) is 0.364. The molecule has 1 amide bonds. The summed E-state index contributed by atoms with van der Waals surface area (Å²) in [6.07, 6.45) is 1.81. The summed E-state index contributed by atoms with van der Waals surface area (Å²) in [6.45, 7) is 1.79. The van der Waals surface area contributed by atoms with Crippen LogP contribution in [0.3, 0.4) is 0 Å². The van der Waals surface area contributed by atoms with E-state index in [-0.39, 0.29) is 11.9 Å². The van der Waals surface area contributed by atoms with Gasteiger partial charge in [0.05, 0.1) is 0 Å². The van der Waals surface area contributed by atoms with Gasteiger partial charge in [-0.25, -0.2) is 4.52 Å². The number of rotatable bonds is 3. The zero-order chi connectivity index (χ0) is 12.4.